The van der Waals surface area contributed by atoms with E-state index < -0.39 is 0 Å². The van der Waals surface area contributed by atoms with Gasteiger partial charge in [-0.25, -0.2) is 0 Å². The van der Waals surface area contributed by atoms with Crippen molar-refractivity contribution in [3.8, 4) is 0 Å². The Morgan fingerprint density at radius 2 is 1.64 bits per heavy atom. The predicted molar refractivity (Wildman–Crippen MR) is 56.7 cm³/mol. The highest BCUT2D eigenvalue weighted by Gasteiger charge is 2.27. The maximum atomic E-state index is 10.9. The maximum absolute atomic E-state index is 10.9. The molecule has 2 rings (SSSR count). The largest absolute Gasteiger partial charge is 0.329 e. The Balaban J connectivity index is 1.80. The van der Waals surface area contributed by atoms with E-state index in [1.165, 1.54) is 25.9 Å². The molecule has 0 aromatic carbocycles. The lowest BCUT2D eigenvalue weighted by Crippen LogP contribution is -2.44. The third kappa shape index (κ3) is 2.20. The average Bonchev–Trinajstić information content (AvgIpc) is 2.71. The topological polar surface area (TPSA) is 23.6 Å². The van der Waals surface area contributed by atoms with E-state index in [0.717, 1.165) is 25.9 Å². The van der Waals surface area contributed by atoms with Crippen LogP contribution in [0.2, 0.25) is 0 Å². The van der Waals surface area contributed by atoms with Crippen LogP contribution in [0.5, 0.6) is 0 Å². The van der Waals surface area contributed by atoms with Gasteiger partial charge in [0, 0.05) is 19.1 Å². The smallest absolute Gasteiger partial charge is 0.316 e. The number of hydrogen-bond acceptors (Lipinski definition) is 2. The standard InChI is InChI=1S/C10H17ClN2O/c11-10(14)13-7-3-9(4-8-13)12-5-1-2-6-12/h9H,1-8H2. The molecule has 0 aromatic heterocycles. The molecule has 0 aromatic rings. The van der Waals surface area contributed by atoms with Gasteiger partial charge in [-0.15, -0.1) is 0 Å². The molecule has 3 nitrogen and oxygen atoms in total. The van der Waals surface area contributed by atoms with E-state index >= 15 is 0 Å². The Labute approximate surface area is 90.0 Å². The molecule has 1 amide bonds. The lowest BCUT2D eigenvalue weighted by atomic mass is 10.0. The van der Waals surface area contributed by atoms with Crippen LogP contribution in [-0.2, 0) is 0 Å². The van der Waals surface area contributed by atoms with E-state index in [1.54, 1.807) is 4.90 Å². The minimum atomic E-state index is -0.287. The van der Waals surface area contributed by atoms with Gasteiger partial charge in [0.25, 0.3) is 0 Å². The monoisotopic (exact) mass is 216 g/mol. The Bertz CT molecular complexity index is 208. The van der Waals surface area contributed by atoms with Crippen molar-refractivity contribution in [2.24, 2.45) is 0 Å². The number of carbonyl (C=O) groups is 1. The zero-order valence-corrected chi connectivity index (χ0v) is 9.17. The van der Waals surface area contributed by atoms with E-state index in [-0.39, 0.29) is 5.37 Å². The third-order valence-electron chi connectivity index (χ3n) is 3.37. The normalized spacial score (nSPS) is 25.6. The fourth-order valence-corrected chi connectivity index (χ4v) is 2.68. The van der Waals surface area contributed by atoms with Crippen molar-refractivity contribution in [2.75, 3.05) is 26.2 Å². The van der Waals surface area contributed by atoms with E-state index in [4.69, 9.17) is 11.6 Å². The van der Waals surface area contributed by atoms with Crippen LogP contribution < -0.4 is 0 Å². The van der Waals surface area contributed by atoms with Crippen LogP contribution in [-0.4, -0.2) is 47.4 Å². The third-order valence-corrected chi connectivity index (χ3v) is 3.61. The molecule has 2 aliphatic rings. The Hall–Kier alpha value is -0.280. The van der Waals surface area contributed by atoms with Crippen LogP contribution in [0.4, 0.5) is 4.79 Å². The van der Waals surface area contributed by atoms with Gasteiger partial charge in [-0.3, -0.25) is 4.79 Å². The molecule has 2 aliphatic heterocycles. The van der Waals surface area contributed by atoms with Gasteiger partial charge in [0.15, 0.2) is 0 Å². The van der Waals surface area contributed by atoms with Gasteiger partial charge in [-0.2, -0.15) is 0 Å². The number of carbonyl (C=O) groups excluding carboxylic acids is 1. The summed E-state index contributed by atoms with van der Waals surface area (Å²) in [6, 6.07) is 0.699. The first-order valence-corrected chi connectivity index (χ1v) is 5.83. The minimum Gasteiger partial charge on any atom is -0.329 e. The second kappa shape index (κ2) is 4.49. The summed E-state index contributed by atoms with van der Waals surface area (Å²) in [4.78, 5) is 15.2. The van der Waals surface area contributed by atoms with E-state index in [0.29, 0.717) is 6.04 Å². The summed E-state index contributed by atoms with van der Waals surface area (Å²) in [5, 5.41) is -0.287. The van der Waals surface area contributed by atoms with Crippen molar-refractivity contribution < 1.29 is 4.79 Å². The van der Waals surface area contributed by atoms with E-state index in [9.17, 15) is 4.79 Å². The number of nitrogens with zero attached hydrogens (tertiary/aromatic N) is 2. The molecule has 4 heteroatoms. The van der Waals surface area contributed by atoms with E-state index in [2.05, 4.69) is 4.90 Å². The summed E-state index contributed by atoms with van der Waals surface area (Å²) in [5.74, 6) is 0. The number of likely N-dealkylation sites (tertiary alicyclic amines) is 2. The summed E-state index contributed by atoms with van der Waals surface area (Å²) in [6.45, 7) is 4.17. The van der Waals surface area contributed by atoms with Crippen LogP contribution in [0.3, 0.4) is 0 Å². The van der Waals surface area contributed by atoms with Crippen molar-refractivity contribution in [3.05, 3.63) is 0 Å². The molecule has 0 N–H and O–H groups in total. The van der Waals surface area contributed by atoms with Gasteiger partial charge in [-0.05, 0) is 50.4 Å². The highest BCUT2D eigenvalue weighted by molar-refractivity contribution is 6.62. The second-order valence-electron chi connectivity index (χ2n) is 4.21. The van der Waals surface area contributed by atoms with Crippen LogP contribution in [0.25, 0.3) is 0 Å². The highest BCUT2D eigenvalue weighted by Crippen LogP contribution is 2.21. The van der Waals surface area contributed by atoms with Crippen molar-refractivity contribution in [1.82, 2.24) is 9.80 Å². The first kappa shape index (κ1) is 10.2. The Morgan fingerprint density at radius 3 is 2.14 bits per heavy atom. The zero-order chi connectivity index (χ0) is 9.97. The molecule has 0 unspecified atom stereocenters. The summed E-state index contributed by atoms with van der Waals surface area (Å²) in [6.07, 6.45) is 4.88. The van der Waals surface area contributed by atoms with Crippen molar-refractivity contribution in [1.29, 1.82) is 0 Å². The van der Waals surface area contributed by atoms with Gasteiger partial charge >= 0.3 is 5.37 Å². The molecule has 2 fully saturated rings. The zero-order valence-electron chi connectivity index (χ0n) is 8.41. The molecule has 2 saturated heterocycles. The van der Waals surface area contributed by atoms with Crippen LogP contribution >= 0.6 is 11.6 Å². The van der Waals surface area contributed by atoms with Gasteiger partial charge in [0.05, 0.1) is 0 Å². The fraction of sp³-hybridized carbons (Fsp3) is 0.900. The number of amides is 1. The number of piperidine rings is 1. The van der Waals surface area contributed by atoms with Gasteiger partial charge < -0.3 is 9.80 Å². The number of rotatable bonds is 1. The van der Waals surface area contributed by atoms with E-state index in [1.807, 2.05) is 0 Å². The lowest BCUT2D eigenvalue weighted by molar-refractivity contribution is 0.144. The molecular formula is C10H17ClN2O. The first-order valence-electron chi connectivity index (χ1n) is 5.46. The van der Waals surface area contributed by atoms with Crippen LogP contribution in [0.15, 0.2) is 0 Å². The number of hydrogen-bond donors (Lipinski definition) is 0. The van der Waals surface area contributed by atoms with Crippen molar-refractivity contribution in [3.63, 3.8) is 0 Å². The van der Waals surface area contributed by atoms with Crippen LogP contribution in [0, 0.1) is 0 Å². The average molecular weight is 217 g/mol. The fourth-order valence-electron chi connectivity index (χ4n) is 2.51. The molecule has 14 heavy (non-hydrogen) atoms. The number of halogens is 1. The van der Waals surface area contributed by atoms with Crippen molar-refractivity contribution >= 4 is 17.0 Å². The molecule has 0 saturated carbocycles. The molecule has 0 aliphatic carbocycles. The molecule has 2 heterocycles. The van der Waals surface area contributed by atoms with Crippen LogP contribution in [0.1, 0.15) is 25.7 Å². The highest BCUT2D eigenvalue weighted by atomic mass is 35.5. The summed E-state index contributed by atoms with van der Waals surface area (Å²) in [7, 11) is 0. The Morgan fingerprint density at radius 1 is 1.07 bits per heavy atom. The summed E-state index contributed by atoms with van der Waals surface area (Å²) >= 11 is 5.44. The molecule has 0 bridgehead atoms. The SMILES string of the molecule is O=C(Cl)N1CCC(N2CCCC2)CC1. The maximum Gasteiger partial charge on any atom is 0.316 e. The Kier molecular flexibility index (Phi) is 3.29. The van der Waals surface area contributed by atoms with Gasteiger partial charge in [0.2, 0.25) is 0 Å². The predicted octanol–water partition coefficient (Wildman–Crippen LogP) is 1.91. The minimum absolute atomic E-state index is 0.287. The first-order chi connectivity index (χ1) is 6.77. The van der Waals surface area contributed by atoms with Crippen molar-refractivity contribution in [2.45, 2.75) is 31.7 Å². The molecule has 80 valence electrons. The molecule has 0 radical (unpaired) electrons. The van der Waals surface area contributed by atoms with Gasteiger partial charge in [0.1, 0.15) is 0 Å². The summed E-state index contributed by atoms with van der Waals surface area (Å²) < 4.78 is 0. The molecular weight excluding hydrogens is 200 g/mol. The molecule has 0 spiro atoms. The van der Waals surface area contributed by atoms with Gasteiger partial charge in [-0.1, -0.05) is 0 Å². The second-order valence-corrected chi connectivity index (χ2v) is 4.54. The summed E-state index contributed by atoms with van der Waals surface area (Å²) in [5.41, 5.74) is 0. The quantitative estimate of drug-likeness (QED) is 0.494. The lowest BCUT2D eigenvalue weighted by Gasteiger charge is -2.35. The molecule has 0 atom stereocenters.